The van der Waals surface area contributed by atoms with Gasteiger partial charge in [-0.05, 0) is 42.9 Å². The first-order valence-electron chi connectivity index (χ1n) is 8.40. The molecular weight excluding hydrogens is 276 g/mol. The van der Waals surface area contributed by atoms with Gasteiger partial charge in [0.05, 0.1) is 6.61 Å². The topological polar surface area (TPSA) is 31.0 Å². The van der Waals surface area contributed by atoms with E-state index in [0.717, 1.165) is 38.0 Å². The van der Waals surface area contributed by atoms with E-state index in [4.69, 9.17) is 14.2 Å². The van der Waals surface area contributed by atoms with Crippen LogP contribution in [0.3, 0.4) is 0 Å². The molecule has 5 rings (SSSR count). The molecule has 2 aliphatic carbocycles. The number of hydrogen-bond donors (Lipinski definition) is 0. The highest BCUT2D eigenvalue weighted by Gasteiger charge is 2.32. The van der Waals surface area contributed by atoms with E-state index >= 15 is 0 Å². The lowest BCUT2D eigenvalue weighted by molar-refractivity contribution is 0.262. The monoisotopic (exact) mass is 296 g/mol. The minimum Gasteiger partial charge on any atom is -0.490 e. The predicted octanol–water partition coefficient (Wildman–Crippen LogP) is 4.28. The average Bonchev–Trinajstić information content (AvgIpc) is 3.11. The third kappa shape index (κ3) is 1.99. The van der Waals surface area contributed by atoms with Crippen molar-refractivity contribution < 1.29 is 14.2 Å². The minimum absolute atomic E-state index is 0.288. The second-order valence-electron chi connectivity index (χ2n) is 6.56. The molecule has 2 heterocycles. The summed E-state index contributed by atoms with van der Waals surface area (Å²) in [6, 6.07) is 6.46. The molecule has 4 aliphatic rings. The van der Waals surface area contributed by atoms with E-state index < -0.39 is 0 Å². The zero-order chi connectivity index (χ0) is 14.5. The number of fused-ring (bicyclic) bond motifs is 3. The van der Waals surface area contributed by atoms with Crippen molar-refractivity contribution >= 4 is 11.1 Å². The molecule has 1 unspecified atom stereocenters. The third-order valence-corrected chi connectivity index (χ3v) is 5.06. The Bertz CT molecular complexity index is 695. The highest BCUT2D eigenvalue weighted by molar-refractivity contribution is 5.87. The van der Waals surface area contributed by atoms with Gasteiger partial charge in [0.1, 0.15) is 30.0 Å². The van der Waals surface area contributed by atoms with Crippen molar-refractivity contribution in [1.29, 1.82) is 0 Å². The van der Waals surface area contributed by atoms with Crippen LogP contribution in [0.4, 0.5) is 0 Å². The lowest BCUT2D eigenvalue weighted by Crippen LogP contribution is -2.07. The van der Waals surface area contributed by atoms with Gasteiger partial charge in [-0.1, -0.05) is 12.1 Å². The number of ether oxygens (including phenoxy) is 3. The number of rotatable bonds is 3. The maximum atomic E-state index is 6.31. The first-order valence-corrected chi connectivity index (χ1v) is 8.40. The second-order valence-corrected chi connectivity index (χ2v) is 6.56. The Kier molecular flexibility index (Phi) is 2.83. The van der Waals surface area contributed by atoms with Gasteiger partial charge in [0.2, 0.25) is 0 Å². The highest BCUT2D eigenvalue weighted by atomic mass is 16.6. The molecule has 1 aromatic rings. The van der Waals surface area contributed by atoms with Gasteiger partial charge in [-0.2, -0.15) is 0 Å². The number of allylic oxidation sites excluding steroid dienone is 4. The quantitative estimate of drug-likeness (QED) is 0.780. The van der Waals surface area contributed by atoms with Crippen molar-refractivity contribution in [3.8, 4) is 5.75 Å². The zero-order valence-corrected chi connectivity index (χ0v) is 12.7. The smallest absolute Gasteiger partial charge is 0.127 e. The van der Waals surface area contributed by atoms with E-state index in [1.165, 1.54) is 46.6 Å². The minimum atomic E-state index is 0.288. The van der Waals surface area contributed by atoms with Gasteiger partial charge in [0.15, 0.2) is 0 Å². The van der Waals surface area contributed by atoms with E-state index in [0.29, 0.717) is 6.61 Å². The molecule has 0 aromatic heterocycles. The first kappa shape index (κ1) is 12.8. The molecule has 0 amide bonds. The van der Waals surface area contributed by atoms with E-state index in [-0.39, 0.29) is 6.10 Å². The van der Waals surface area contributed by atoms with Crippen LogP contribution < -0.4 is 4.74 Å². The molecule has 1 aromatic carbocycles. The third-order valence-electron chi connectivity index (χ3n) is 5.06. The molecule has 3 nitrogen and oxygen atoms in total. The van der Waals surface area contributed by atoms with Crippen LogP contribution in [0, 0.1) is 0 Å². The molecule has 1 fully saturated rings. The Balaban J connectivity index is 1.65. The summed E-state index contributed by atoms with van der Waals surface area (Å²) < 4.78 is 17.7. The summed E-state index contributed by atoms with van der Waals surface area (Å²) in [6.45, 7) is 1.49. The maximum Gasteiger partial charge on any atom is 0.127 e. The molecule has 0 bridgehead atoms. The van der Waals surface area contributed by atoms with Crippen LogP contribution in [0.15, 0.2) is 29.7 Å². The van der Waals surface area contributed by atoms with Gasteiger partial charge in [0, 0.05) is 24.0 Å². The van der Waals surface area contributed by atoms with Crippen LogP contribution >= 0.6 is 0 Å². The summed E-state index contributed by atoms with van der Waals surface area (Å²) in [5.74, 6) is 3.40. The van der Waals surface area contributed by atoms with Crippen molar-refractivity contribution in [2.75, 3.05) is 13.2 Å². The van der Waals surface area contributed by atoms with Crippen molar-refractivity contribution in [3.05, 3.63) is 40.8 Å². The van der Waals surface area contributed by atoms with E-state index in [2.05, 4.69) is 18.2 Å². The molecule has 0 radical (unpaired) electrons. The lowest BCUT2D eigenvalue weighted by atomic mass is 9.92. The molecule has 0 N–H and O–H groups in total. The standard InChI is InChI=1S/C19H20O3/c1-4-13-14-5-2-9-18(21-11-12-10-20-12)19(14)15-6-3-8-17(15)22-16(13)7-1/h2,5,9,12H,1,3-4,6-8,10-11H2. The van der Waals surface area contributed by atoms with Gasteiger partial charge in [-0.25, -0.2) is 0 Å². The molecule has 0 spiro atoms. The van der Waals surface area contributed by atoms with Gasteiger partial charge in [-0.3, -0.25) is 0 Å². The van der Waals surface area contributed by atoms with Crippen molar-refractivity contribution in [3.63, 3.8) is 0 Å². The Morgan fingerprint density at radius 3 is 2.59 bits per heavy atom. The molecule has 114 valence electrons. The molecule has 2 aliphatic heterocycles. The molecular formula is C19H20O3. The summed E-state index contributed by atoms with van der Waals surface area (Å²) in [4.78, 5) is 0. The SMILES string of the molecule is c1cc(OCC2CO2)c2c(c1)C1=C(CCC1)OC1=C2CCC1. The summed E-state index contributed by atoms with van der Waals surface area (Å²) in [6.07, 6.45) is 7.04. The predicted molar refractivity (Wildman–Crippen MR) is 84.3 cm³/mol. The lowest BCUT2D eigenvalue weighted by Gasteiger charge is -2.16. The van der Waals surface area contributed by atoms with Crippen LogP contribution in [-0.4, -0.2) is 19.3 Å². The summed E-state index contributed by atoms with van der Waals surface area (Å²) in [7, 11) is 0. The van der Waals surface area contributed by atoms with Crippen molar-refractivity contribution in [2.45, 2.75) is 44.6 Å². The second kappa shape index (κ2) is 4.88. The fourth-order valence-corrected chi connectivity index (χ4v) is 3.92. The highest BCUT2D eigenvalue weighted by Crippen LogP contribution is 2.49. The Morgan fingerprint density at radius 1 is 1.00 bits per heavy atom. The van der Waals surface area contributed by atoms with Crippen LogP contribution in [0.2, 0.25) is 0 Å². The Morgan fingerprint density at radius 2 is 1.77 bits per heavy atom. The first-order chi connectivity index (χ1) is 10.9. The van der Waals surface area contributed by atoms with Crippen LogP contribution in [0.25, 0.3) is 11.1 Å². The van der Waals surface area contributed by atoms with Gasteiger partial charge in [-0.15, -0.1) is 0 Å². The van der Waals surface area contributed by atoms with Gasteiger partial charge in [0.25, 0.3) is 0 Å². The van der Waals surface area contributed by atoms with Crippen molar-refractivity contribution in [1.82, 2.24) is 0 Å². The van der Waals surface area contributed by atoms with Gasteiger partial charge < -0.3 is 14.2 Å². The largest absolute Gasteiger partial charge is 0.490 e. The molecule has 22 heavy (non-hydrogen) atoms. The Hall–Kier alpha value is -1.74. The van der Waals surface area contributed by atoms with Gasteiger partial charge >= 0.3 is 0 Å². The Labute approximate surface area is 130 Å². The summed E-state index contributed by atoms with van der Waals surface area (Å²) >= 11 is 0. The van der Waals surface area contributed by atoms with Crippen LogP contribution in [0.1, 0.15) is 49.7 Å². The summed E-state index contributed by atoms with van der Waals surface area (Å²) in [5.41, 5.74) is 5.41. The normalized spacial score (nSPS) is 25.4. The molecule has 3 heteroatoms. The molecule has 1 atom stereocenters. The van der Waals surface area contributed by atoms with E-state index in [1.807, 2.05) is 0 Å². The number of benzene rings is 1. The fourth-order valence-electron chi connectivity index (χ4n) is 3.92. The summed E-state index contributed by atoms with van der Waals surface area (Å²) in [5, 5.41) is 0. The average molecular weight is 296 g/mol. The molecule has 0 saturated carbocycles. The van der Waals surface area contributed by atoms with E-state index in [9.17, 15) is 0 Å². The van der Waals surface area contributed by atoms with Crippen LogP contribution in [-0.2, 0) is 9.47 Å². The van der Waals surface area contributed by atoms with Crippen molar-refractivity contribution in [2.24, 2.45) is 0 Å². The molecule has 1 saturated heterocycles. The zero-order valence-electron chi connectivity index (χ0n) is 12.7. The fraction of sp³-hybridized carbons (Fsp3) is 0.474. The maximum absolute atomic E-state index is 6.31. The van der Waals surface area contributed by atoms with E-state index in [1.54, 1.807) is 0 Å². The van der Waals surface area contributed by atoms with Crippen LogP contribution in [0.5, 0.6) is 5.75 Å². The number of epoxide rings is 1. The number of hydrogen-bond acceptors (Lipinski definition) is 3.